The average Bonchev–Trinajstić information content (AvgIpc) is 3.41. The van der Waals surface area contributed by atoms with Crippen molar-refractivity contribution in [1.29, 1.82) is 0 Å². The topological polar surface area (TPSA) is 142 Å². The maximum Gasteiger partial charge on any atom is 0.343 e. The summed E-state index contributed by atoms with van der Waals surface area (Å²) in [6.45, 7) is 10.9. The molecule has 5 aromatic rings. The fourth-order valence-corrected chi connectivity index (χ4v) is 7.84. The highest BCUT2D eigenvalue weighted by atomic mass is 16.6. The van der Waals surface area contributed by atoms with Gasteiger partial charge in [-0.05, 0) is 135 Å². The lowest BCUT2D eigenvalue weighted by Gasteiger charge is -2.14. The Bertz CT molecular complexity index is 2260. The molecule has 0 heterocycles. The fraction of sp³-hybridized carbons (Fsp3) is 0.452. The van der Waals surface area contributed by atoms with Gasteiger partial charge in [0.05, 0.1) is 48.7 Å². The smallest absolute Gasteiger partial charge is 0.343 e. The van der Waals surface area contributed by atoms with Crippen molar-refractivity contribution in [1.82, 2.24) is 0 Å². The van der Waals surface area contributed by atoms with Gasteiger partial charge >= 0.3 is 23.9 Å². The summed E-state index contributed by atoms with van der Waals surface area (Å²) in [5, 5.41) is 0. The van der Waals surface area contributed by atoms with Gasteiger partial charge in [0.1, 0.15) is 23.0 Å². The second-order valence-corrected chi connectivity index (χ2v) is 18.5. The summed E-state index contributed by atoms with van der Waals surface area (Å²) in [7, 11) is 0. The van der Waals surface area contributed by atoms with E-state index in [0.717, 1.165) is 64.2 Å². The van der Waals surface area contributed by atoms with Crippen LogP contribution in [0.3, 0.4) is 0 Å². The van der Waals surface area contributed by atoms with Crippen molar-refractivity contribution in [2.45, 2.75) is 156 Å². The van der Waals surface area contributed by atoms with E-state index in [4.69, 9.17) is 37.9 Å². The maximum atomic E-state index is 13.3. The summed E-state index contributed by atoms with van der Waals surface area (Å²) in [5.41, 5.74) is 1.03. The summed E-state index contributed by atoms with van der Waals surface area (Å²) in [6, 6.07) is 28.2. The minimum Gasteiger partial charge on any atom is -0.490 e. The number of benzene rings is 5. The van der Waals surface area contributed by atoms with Gasteiger partial charge in [0.25, 0.3) is 0 Å². The molecule has 398 valence electrons. The van der Waals surface area contributed by atoms with Crippen LogP contribution in [0.4, 0.5) is 0 Å². The second kappa shape index (κ2) is 33.8. The first-order chi connectivity index (χ1) is 36.2. The Morgan fingerprint density at radius 1 is 0.270 bits per heavy atom. The zero-order valence-corrected chi connectivity index (χ0v) is 44.3. The Hall–Kier alpha value is -6.82. The van der Waals surface area contributed by atoms with E-state index in [0.29, 0.717) is 60.6 Å². The lowest BCUT2D eigenvalue weighted by atomic mass is 10.1. The van der Waals surface area contributed by atoms with E-state index < -0.39 is 23.9 Å². The molecule has 5 rings (SSSR count). The molecule has 0 aliphatic carbocycles. The highest BCUT2D eigenvalue weighted by Gasteiger charge is 2.18. The molecular formula is C62H78O12. The number of carbonyl (C=O) groups excluding carboxylic acids is 4. The monoisotopic (exact) mass is 1010 g/mol. The van der Waals surface area contributed by atoms with Crippen molar-refractivity contribution >= 4 is 23.9 Å². The van der Waals surface area contributed by atoms with Crippen LogP contribution in [0.1, 0.15) is 198 Å². The van der Waals surface area contributed by atoms with Gasteiger partial charge in [-0.1, -0.05) is 130 Å². The normalized spacial score (nSPS) is 10.9. The lowest BCUT2D eigenvalue weighted by molar-refractivity contribution is 0.0716. The van der Waals surface area contributed by atoms with Crippen molar-refractivity contribution in [2.75, 3.05) is 26.4 Å². The van der Waals surface area contributed by atoms with Crippen LogP contribution in [0.15, 0.2) is 109 Å². The number of unbranched alkanes of at least 4 members (excludes halogenated alkanes) is 16. The SMILES string of the molecule is CCCCCCCOc1ccc(C(=O)Oc2ccc(OC(=O)c3ccc(C(=O)Oc4ccc(OC(=O)c5ccc(OCCCCCCC)c(OCCCCCCC)c5)cc4)cc3)cc2)cc1OCCCCCCC. The molecule has 0 amide bonds. The molecule has 5 aromatic carbocycles. The number of rotatable bonds is 36. The average molecular weight is 1020 g/mol. The second-order valence-electron chi connectivity index (χ2n) is 18.5. The molecule has 0 unspecified atom stereocenters. The van der Waals surface area contributed by atoms with Crippen molar-refractivity contribution in [3.05, 3.63) is 131 Å². The predicted octanol–water partition coefficient (Wildman–Crippen LogP) is 16.0. The van der Waals surface area contributed by atoms with Crippen LogP contribution in [0.2, 0.25) is 0 Å². The molecule has 0 radical (unpaired) electrons. The predicted molar refractivity (Wildman–Crippen MR) is 289 cm³/mol. The van der Waals surface area contributed by atoms with Gasteiger partial charge in [-0.2, -0.15) is 0 Å². The van der Waals surface area contributed by atoms with Crippen LogP contribution in [0, 0.1) is 0 Å². The van der Waals surface area contributed by atoms with Crippen LogP contribution in [-0.2, 0) is 0 Å². The molecule has 0 aliphatic rings. The first kappa shape index (κ1) is 58.1. The Morgan fingerprint density at radius 2 is 0.500 bits per heavy atom. The number of ether oxygens (including phenoxy) is 8. The Labute approximate surface area is 439 Å². The minimum atomic E-state index is -0.653. The van der Waals surface area contributed by atoms with Crippen LogP contribution in [0.5, 0.6) is 46.0 Å². The van der Waals surface area contributed by atoms with Gasteiger partial charge in [-0.25, -0.2) is 19.2 Å². The maximum absolute atomic E-state index is 13.3. The quantitative estimate of drug-likeness (QED) is 0.0214. The van der Waals surface area contributed by atoms with E-state index >= 15 is 0 Å². The number of hydrogen-bond acceptors (Lipinski definition) is 12. The highest BCUT2D eigenvalue weighted by molar-refractivity contribution is 5.95. The highest BCUT2D eigenvalue weighted by Crippen LogP contribution is 2.32. The zero-order valence-electron chi connectivity index (χ0n) is 44.3. The summed E-state index contributed by atoms with van der Waals surface area (Å²) in [5.74, 6) is 0.767. The van der Waals surface area contributed by atoms with Gasteiger partial charge in [0, 0.05) is 0 Å². The van der Waals surface area contributed by atoms with Gasteiger partial charge in [0.2, 0.25) is 0 Å². The van der Waals surface area contributed by atoms with Gasteiger partial charge in [-0.15, -0.1) is 0 Å². The summed E-state index contributed by atoms with van der Waals surface area (Å²) in [4.78, 5) is 52.6. The van der Waals surface area contributed by atoms with Gasteiger partial charge in [0.15, 0.2) is 23.0 Å². The molecule has 0 aromatic heterocycles. The molecule has 0 atom stereocenters. The third-order valence-electron chi connectivity index (χ3n) is 12.2. The van der Waals surface area contributed by atoms with Crippen LogP contribution in [0.25, 0.3) is 0 Å². The summed E-state index contributed by atoms with van der Waals surface area (Å²) in [6.07, 6.45) is 22.2. The van der Waals surface area contributed by atoms with E-state index in [1.165, 1.54) is 137 Å². The van der Waals surface area contributed by atoms with Crippen molar-refractivity contribution < 1.29 is 57.1 Å². The summed E-state index contributed by atoms with van der Waals surface area (Å²) < 4.78 is 46.8. The molecule has 0 bridgehead atoms. The van der Waals surface area contributed by atoms with Crippen LogP contribution in [-0.4, -0.2) is 50.3 Å². The molecule has 0 N–H and O–H groups in total. The molecule has 0 saturated heterocycles. The third-order valence-corrected chi connectivity index (χ3v) is 12.2. The Kier molecular flexibility index (Phi) is 26.5. The number of esters is 4. The lowest BCUT2D eigenvalue weighted by Crippen LogP contribution is -2.12. The molecule has 0 spiro atoms. The third kappa shape index (κ3) is 21.0. The molecule has 12 heteroatoms. The number of hydrogen-bond donors (Lipinski definition) is 0. The number of carbonyl (C=O) groups is 4. The van der Waals surface area contributed by atoms with Crippen LogP contribution >= 0.6 is 0 Å². The molecule has 0 aliphatic heterocycles. The zero-order chi connectivity index (χ0) is 52.6. The Balaban J connectivity index is 1.09. The first-order valence-corrected chi connectivity index (χ1v) is 27.2. The molecule has 0 saturated carbocycles. The van der Waals surface area contributed by atoms with Crippen molar-refractivity contribution in [3.8, 4) is 46.0 Å². The van der Waals surface area contributed by atoms with E-state index in [1.807, 2.05) is 0 Å². The molecule has 74 heavy (non-hydrogen) atoms. The first-order valence-electron chi connectivity index (χ1n) is 27.2. The van der Waals surface area contributed by atoms with Gasteiger partial charge < -0.3 is 37.9 Å². The molecular weight excluding hydrogens is 937 g/mol. The minimum absolute atomic E-state index is 0.201. The van der Waals surface area contributed by atoms with Crippen LogP contribution < -0.4 is 37.9 Å². The van der Waals surface area contributed by atoms with Gasteiger partial charge in [-0.3, -0.25) is 0 Å². The standard InChI is InChI=1S/C62H78O12/c1-5-9-13-17-21-41-67-55-39-29-49(45-57(55)69-43-23-19-15-11-7-3)61(65)73-53-35-31-51(32-36-53)71-59(63)47-25-27-48(28-26-47)60(64)72-52-33-37-54(38-34-52)74-62(66)50-30-40-56(68-42-22-18-14-10-6-2)58(46-50)70-44-24-20-16-12-8-4/h25-40,45-46H,5-24,41-44H2,1-4H3. The van der Waals surface area contributed by atoms with E-state index in [-0.39, 0.29) is 34.1 Å². The Morgan fingerprint density at radius 3 is 0.770 bits per heavy atom. The van der Waals surface area contributed by atoms with Crippen molar-refractivity contribution in [3.63, 3.8) is 0 Å². The summed E-state index contributed by atoms with van der Waals surface area (Å²) >= 11 is 0. The van der Waals surface area contributed by atoms with Crippen molar-refractivity contribution in [2.24, 2.45) is 0 Å². The van der Waals surface area contributed by atoms with E-state index in [2.05, 4.69) is 27.7 Å². The fourth-order valence-electron chi connectivity index (χ4n) is 7.84. The van der Waals surface area contributed by atoms with E-state index in [9.17, 15) is 19.2 Å². The van der Waals surface area contributed by atoms with E-state index in [1.54, 1.807) is 36.4 Å². The molecule has 0 fully saturated rings. The largest absolute Gasteiger partial charge is 0.490 e. The molecule has 12 nitrogen and oxygen atoms in total.